The van der Waals surface area contributed by atoms with Gasteiger partial charge in [0.1, 0.15) is 17.3 Å². The van der Waals surface area contributed by atoms with Crippen LogP contribution in [0.4, 0.5) is 4.39 Å². The largest absolute Gasteiger partial charge is 0.504 e. The van der Waals surface area contributed by atoms with Crippen molar-refractivity contribution >= 4 is 0 Å². The van der Waals surface area contributed by atoms with E-state index in [-0.39, 0.29) is 23.3 Å². The minimum absolute atomic E-state index is 0.0412. The molecule has 0 spiro atoms. The molecule has 1 heterocycles. The van der Waals surface area contributed by atoms with Crippen molar-refractivity contribution in [3.63, 3.8) is 0 Å². The van der Waals surface area contributed by atoms with Gasteiger partial charge in [-0.05, 0) is 55.3 Å². The Balaban J connectivity index is 1.60. The number of halogens is 1. The van der Waals surface area contributed by atoms with Gasteiger partial charge >= 0.3 is 0 Å². The summed E-state index contributed by atoms with van der Waals surface area (Å²) in [4.78, 5) is 0. The predicted molar refractivity (Wildman–Crippen MR) is 121 cm³/mol. The van der Waals surface area contributed by atoms with Crippen LogP contribution < -0.4 is 14.2 Å². The SMILES string of the molecule is COc1cc(-c2ccc(F)cc2)c(OC)c(O)c1-c1ccc(OCCC2OC2(C)C)cc1. The number of phenols is 1. The van der Waals surface area contributed by atoms with Crippen molar-refractivity contribution in [2.24, 2.45) is 0 Å². The van der Waals surface area contributed by atoms with Crippen LogP contribution in [-0.4, -0.2) is 37.6 Å². The summed E-state index contributed by atoms with van der Waals surface area (Å²) in [6.07, 6.45) is 1.08. The van der Waals surface area contributed by atoms with Gasteiger partial charge in [0.15, 0.2) is 11.5 Å². The maximum Gasteiger partial charge on any atom is 0.170 e. The lowest BCUT2D eigenvalue weighted by Crippen LogP contribution is -2.07. The van der Waals surface area contributed by atoms with E-state index in [0.29, 0.717) is 34.8 Å². The molecule has 1 aliphatic heterocycles. The number of epoxide rings is 1. The molecule has 0 aliphatic carbocycles. The fraction of sp³-hybridized carbons (Fsp3) is 0.308. The van der Waals surface area contributed by atoms with Crippen LogP contribution in [0.25, 0.3) is 22.3 Å². The average molecular weight is 438 g/mol. The molecule has 0 saturated carbocycles. The van der Waals surface area contributed by atoms with Gasteiger partial charge in [0.05, 0.1) is 38.1 Å². The number of aromatic hydroxyl groups is 1. The van der Waals surface area contributed by atoms with Gasteiger partial charge in [0, 0.05) is 12.0 Å². The smallest absolute Gasteiger partial charge is 0.170 e. The van der Waals surface area contributed by atoms with Crippen LogP contribution in [0.15, 0.2) is 54.6 Å². The number of methoxy groups -OCH3 is 2. The lowest BCUT2D eigenvalue weighted by atomic mass is 9.96. The summed E-state index contributed by atoms with van der Waals surface area (Å²) < 4.78 is 35.9. The summed E-state index contributed by atoms with van der Waals surface area (Å²) in [5, 5.41) is 11.1. The molecule has 1 N–H and O–H groups in total. The van der Waals surface area contributed by atoms with Crippen molar-refractivity contribution in [2.45, 2.75) is 32.0 Å². The zero-order valence-electron chi connectivity index (χ0n) is 18.6. The normalized spacial score (nSPS) is 16.5. The van der Waals surface area contributed by atoms with Crippen LogP contribution in [0, 0.1) is 5.82 Å². The molecule has 1 saturated heterocycles. The number of phenolic OH excluding ortho intramolecular Hbond substituents is 1. The average Bonchev–Trinajstić information content (AvgIpc) is 3.40. The van der Waals surface area contributed by atoms with Crippen LogP contribution in [0.5, 0.6) is 23.0 Å². The summed E-state index contributed by atoms with van der Waals surface area (Å²) in [7, 11) is 3.03. The Kier molecular flexibility index (Phi) is 5.98. The fourth-order valence-corrected chi connectivity index (χ4v) is 3.86. The van der Waals surface area contributed by atoms with Crippen LogP contribution in [0.2, 0.25) is 0 Å². The molecule has 4 rings (SSSR count). The third-order valence-electron chi connectivity index (χ3n) is 5.75. The zero-order chi connectivity index (χ0) is 22.9. The van der Waals surface area contributed by atoms with E-state index >= 15 is 0 Å². The topological polar surface area (TPSA) is 60.5 Å². The number of hydrogen-bond acceptors (Lipinski definition) is 5. The second-order valence-corrected chi connectivity index (χ2v) is 8.26. The van der Waals surface area contributed by atoms with Crippen molar-refractivity contribution < 1.29 is 28.4 Å². The molecule has 1 aliphatic rings. The van der Waals surface area contributed by atoms with Crippen molar-refractivity contribution in [3.05, 3.63) is 60.4 Å². The van der Waals surface area contributed by atoms with E-state index in [9.17, 15) is 9.50 Å². The standard InChI is InChI=1S/C26H27FO5/c1-26(2)22(32-26)13-14-31-19-11-7-17(8-12-19)23-21(29-3)15-20(25(30-4)24(23)28)16-5-9-18(27)10-6-16/h5-12,15,22,28H,13-14H2,1-4H3. The van der Waals surface area contributed by atoms with E-state index < -0.39 is 0 Å². The fourth-order valence-electron chi connectivity index (χ4n) is 3.86. The van der Waals surface area contributed by atoms with Gasteiger partial charge in [-0.1, -0.05) is 24.3 Å². The third-order valence-corrected chi connectivity index (χ3v) is 5.75. The molecule has 3 aromatic carbocycles. The highest BCUT2D eigenvalue weighted by Crippen LogP contribution is 2.49. The Morgan fingerprint density at radius 2 is 1.59 bits per heavy atom. The molecule has 168 valence electrons. The molecule has 0 radical (unpaired) electrons. The van der Waals surface area contributed by atoms with E-state index in [1.165, 1.54) is 26.4 Å². The molecule has 0 aromatic heterocycles. The van der Waals surface area contributed by atoms with E-state index in [4.69, 9.17) is 18.9 Å². The summed E-state index contributed by atoms with van der Waals surface area (Å²) in [6.45, 7) is 4.71. The molecular weight excluding hydrogens is 411 g/mol. The molecule has 5 nitrogen and oxygen atoms in total. The number of benzene rings is 3. The molecule has 1 atom stereocenters. The van der Waals surface area contributed by atoms with Gasteiger partial charge in [-0.25, -0.2) is 4.39 Å². The highest BCUT2D eigenvalue weighted by Gasteiger charge is 2.47. The number of rotatable bonds is 8. The maximum absolute atomic E-state index is 13.4. The first-order valence-electron chi connectivity index (χ1n) is 10.5. The summed E-state index contributed by atoms with van der Waals surface area (Å²) in [5.41, 5.74) is 2.53. The Labute approximate surface area is 187 Å². The number of hydrogen-bond donors (Lipinski definition) is 1. The molecule has 1 unspecified atom stereocenters. The second kappa shape index (κ2) is 8.71. The van der Waals surface area contributed by atoms with Gasteiger partial charge in [-0.15, -0.1) is 0 Å². The van der Waals surface area contributed by atoms with Gasteiger partial charge in [0.25, 0.3) is 0 Å². The molecule has 1 fully saturated rings. The summed E-state index contributed by atoms with van der Waals surface area (Å²) >= 11 is 0. The maximum atomic E-state index is 13.4. The summed E-state index contributed by atoms with van der Waals surface area (Å²) in [6, 6.07) is 15.2. The first kappa shape index (κ1) is 22.0. The molecule has 0 amide bonds. The lowest BCUT2D eigenvalue weighted by Gasteiger charge is -2.18. The van der Waals surface area contributed by atoms with Crippen LogP contribution >= 0.6 is 0 Å². The highest BCUT2D eigenvalue weighted by atomic mass is 19.1. The van der Waals surface area contributed by atoms with Crippen LogP contribution in [0.1, 0.15) is 20.3 Å². The van der Waals surface area contributed by atoms with Gasteiger partial charge < -0.3 is 24.1 Å². The Morgan fingerprint density at radius 3 is 2.16 bits per heavy atom. The third kappa shape index (κ3) is 4.36. The molecule has 0 bridgehead atoms. The van der Waals surface area contributed by atoms with E-state index in [0.717, 1.165) is 17.7 Å². The lowest BCUT2D eigenvalue weighted by molar-refractivity contribution is 0.274. The Hall–Kier alpha value is -3.25. The Bertz CT molecular complexity index is 1090. The summed E-state index contributed by atoms with van der Waals surface area (Å²) in [5.74, 6) is 1.12. The molecule has 32 heavy (non-hydrogen) atoms. The quantitative estimate of drug-likeness (QED) is 0.449. The van der Waals surface area contributed by atoms with Crippen LogP contribution in [-0.2, 0) is 4.74 Å². The van der Waals surface area contributed by atoms with E-state index in [1.807, 2.05) is 24.3 Å². The first-order valence-corrected chi connectivity index (χ1v) is 10.5. The molecule has 6 heteroatoms. The minimum atomic E-state index is -0.337. The second-order valence-electron chi connectivity index (χ2n) is 8.26. The van der Waals surface area contributed by atoms with E-state index in [1.54, 1.807) is 18.2 Å². The van der Waals surface area contributed by atoms with Crippen molar-refractivity contribution in [3.8, 4) is 45.3 Å². The molecular formula is C26H27FO5. The van der Waals surface area contributed by atoms with Crippen molar-refractivity contribution in [1.29, 1.82) is 0 Å². The van der Waals surface area contributed by atoms with Gasteiger partial charge in [0.2, 0.25) is 0 Å². The first-order chi connectivity index (χ1) is 15.3. The van der Waals surface area contributed by atoms with Crippen molar-refractivity contribution in [2.75, 3.05) is 20.8 Å². The molecule has 3 aromatic rings. The highest BCUT2D eigenvalue weighted by molar-refractivity contribution is 5.87. The predicted octanol–water partition coefficient (Wildman–Crippen LogP) is 5.83. The van der Waals surface area contributed by atoms with Gasteiger partial charge in [-0.3, -0.25) is 0 Å². The minimum Gasteiger partial charge on any atom is -0.504 e. The zero-order valence-corrected chi connectivity index (χ0v) is 18.6. The monoisotopic (exact) mass is 438 g/mol. The van der Waals surface area contributed by atoms with E-state index in [2.05, 4.69) is 13.8 Å². The van der Waals surface area contributed by atoms with Crippen molar-refractivity contribution in [1.82, 2.24) is 0 Å². The number of ether oxygens (including phenoxy) is 4. The van der Waals surface area contributed by atoms with Crippen LogP contribution in [0.3, 0.4) is 0 Å². The van der Waals surface area contributed by atoms with Gasteiger partial charge in [-0.2, -0.15) is 0 Å². The Morgan fingerprint density at radius 1 is 0.969 bits per heavy atom.